The second-order valence-corrected chi connectivity index (χ2v) is 5.15. The molecule has 2 aromatic carbocycles. The van der Waals surface area contributed by atoms with Crippen LogP contribution in [0.3, 0.4) is 0 Å². The number of aryl methyl sites for hydroxylation is 1. The van der Waals surface area contributed by atoms with E-state index in [2.05, 4.69) is 10.1 Å². The first-order valence-electron chi connectivity index (χ1n) is 7.35. The first-order valence-corrected chi connectivity index (χ1v) is 7.35. The van der Waals surface area contributed by atoms with Gasteiger partial charge in [0.1, 0.15) is 5.75 Å². The van der Waals surface area contributed by atoms with E-state index in [1.54, 1.807) is 60.9 Å². The van der Waals surface area contributed by atoms with Crippen molar-refractivity contribution in [3.05, 3.63) is 77.6 Å². The van der Waals surface area contributed by atoms with Crippen LogP contribution < -0.4 is 10.5 Å². The van der Waals surface area contributed by atoms with Crippen LogP contribution in [0.5, 0.6) is 5.75 Å². The van der Waals surface area contributed by atoms with E-state index in [0.29, 0.717) is 17.3 Å². The van der Waals surface area contributed by atoms with Gasteiger partial charge in [-0.15, -0.1) is 0 Å². The Bertz CT molecular complexity index is 868. The zero-order chi connectivity index (χ0) is 16.9. The van der Waals surface area contributed by atoms with E-state index >= 15 is 0 Å². The van der Waals surface area contributed by atoms with Crippen LogP contribution in [0.4, 0.5) is 5.95 Å². The highest BCUT2D eigenvalue weighted by atomic mass is 16.5. The average molecular weight is 320 g/mol. The van der Waals surface area contributed by atoms with Crippen LogP contribution in [0.2, 0.25) is 0 Å². The molecule has 0 aliphatic carbocycles. The highest BCUT2D eigenvalue weighted by Crippen LogP contribution is 2.14. The molecule has 0 saturated heterocycles. The molecule has 6 nitrogen and oxygen atoms in total. The number of imidazole rings is 1. The molecule has 24 heavy (non-hydrogen) atoms. The molecule has 0 amide bonds. The molecule has 0 aliphatic heterocycles. The summed E-state index contributed by atoms with van der Waals surface area (Å²) in [6.07, 6.45) is 3.39. The minimum absolute atomic E-state index is 0.331. The molecule has 0 fully saturated rings. The Hall–Kier alpha value is -3.41. The maximum Gasteiger partial charge on any atom is 0.343 e. The lowest BCUT2D eigenvalue weighted by atomic mass is 10.2. The van der Waals surface area contributed by atoms with Crippen LogP contribution in [-0.2, 0) is 0 Å². The molecule has 6 heteroatoms. The van der Waals surface area contributed by atoms with Gasteiger partial charge >= 0.3 is 5.97 Å². The van der Waals surface area contributed by atoms with Gasteiger partial charge in [-0.1, -0.05) is 18.2 Å². The number of carbonyl (C=O) groups excluding carboxylic acids is 1. The highest BCUT2D eigenvalue weighted by Gasteiger charge is 2.07. The molecule has 0 saturated carbocycles. The van der Waals surface area contributed by atoms with Crippen molar-refractivity contribution in [3.63, 3.8) is 0 Å². The van der Waals surface area contributed by atoms with Gasteiger partial charge in [0.15, 0.2) is 0 Å². The number of ether oxygens (including phenoxy) is 1. The van der Waals surface area contributed by atoms with Crippen LogP contribution in [0.15, 0.2) is 65.9 Å². The Morgan fingerprint density at radius 2 is 1.88 bits per heavy atom. The van der Waals surface area contributed by atoms with E-state index in [1.165, 1.54) is 4.68 Å². The second kappa shape index (κ2) is 6.78. The highest BCUT2D eigenvalue weighted by molar-refractivity contribution is 5.91. The first-order chi connectivity index (χ1) is 11.6. The van der Waals surface area contributed by atoms with Gasteiger partial charge in [0.25, 0.3) is 0 Å². The molecular formula is C18H16N4O2. The Morgan fingerprint density at radius 1 is 1.17 bits per heavy atom. The van der Waals surface area contributed by atoms with Gasteiger partial charge in [-0.2, -0.15) is 5.10 Å². The van der Waals surface area contributed by atoms with Crippen molar-refractivity contribution in [3.8, 4) is 5.75 Å². The van der Waals surface area contributed by atoms with Crippen molar-refractivity contribution in [2.75, 3.05) is 5.73 Å². The lowest BCUT2D eigenvalue weighted by molar-refractivity contribution is 0.0735. The summed E-state index contributed by atoms with van der Waals surface area (Å²) in [5, 5.41) is 4.23. The van der Waals surface area contributed by atoms with Gasteiger partial charge in [-0.05, 0) is 48.9 Å². The van der Waals surface area contributed by atoms with Crippen LogP contribution in [-0.4, -0.2) is 21.8 Å². The summed E-state index contributed by atoms with van der Waals surface area (Å²) in [6, 6.07) is 15.9. The zero-order valence-electron chi connectivity index (χ0n) is 13.1. The third-order valence-electron chi connectivity index (χ3n) is 3.27. The molecule has 0 spiro atoms. The lowest BCUT2D eigenvalue weighted by Gasteiger charge is -2.04. The first kappa shape index (κ1) is 15.5. The topological polar surface area (TPSA) is 82.5 Å². The number of nitrogens with two attached hydrogens (primary N) is 1. The van der Waals surface area contributed by atoms with Crippen molar-refractivity contribution in [1.29, 1.82) is 0 Å². The summed E-state index contributed by atoms with van der Waals surface area (Å²) >= 11 is 0. The quantitative estimate of drug-likeness (QED) is 0.455. The summed E-state index contributed by atoms with van der Waals surface area (Å²) in [4.78, 5) is 16.0. The van der Waals surface area contributed by atoms with Crippen molar-refractivity contribution in [1.82, 2.24) is 9.66 Å². The standard InChI is InChI=1S/C18H16N4O2/c1-13-12-22(18(19)21-13)20-11-14-7-9-16(10-8-14)24-17(23)15-5-3-2-4-6-15/h2-12H,1H3,(H2,19,21). The molecule has 3 rings (SSSR count). The van der Waals surface area contributed by atoms with Gasteiger partial charge in [0.05, 0.1) is 23.7 Å². The lowest BCUT2D eigenvalue weighted by Crippen LogP contribution is -2.08. The summed E-state index contributed by atoms with van der Waals surface area (Å²) in [5.41, 5.74) is 7.88. The molecule has 0 unspecified atom stereocenters. The molecule has 1 heterocycles. The van der Waals surface area contributed by atoms with Crippen LogP contribution in [0, 0.1) is 6.92 Å². The van der Waals surface area contributed by atoms with Gasteiger partial charge in [-0.25, -0.2) is 14.5 Å². The predicted molar refractivity (Wildman–Crippen MR) is 92.2 cm³/mol. The van der Waals surface area contributed by atoms with Crippen molar-refractivity contribution < 1.29 is 9.53 Å². The Balaban J connectivity index is 1.67. The van der Waals surface area contributed by atoms with Crippen LogP contribution in [0.25, 0.3) is 0 Å². The smallest absolute Gasteiger partial charge is 0.343 e. The third-order valence-corrected chi connectivity index (χ3v) is 3.27. The maximum atomic E-state index is 12.0. The number of esters is 1. The number of nitrogen functional groups attached to an aromatic ring is 1. The Kier molecular flexibility index (Phi) is 4.38. The molecular weight excluding hydrogens is 304 g/mol. The van der Waals surface area contributed by atoms with Gasteiger partial charge < -0.3 is 10.5 Å². The molecule has 2 N–H and O–H groups in total. The van der Waals surface area contributed by atoms with Crippen LogP contribution >= 0.6 is 0 Å². The van der Waals surface area contributed by atoms with Gasteiger partial charge in [0.2, 0.25) is 5.95 Å². The number of hydrogen-bond acceptors (Lipinski definition) is 5. The third kappa shape index (κ3) is 3.67. The largest absolute Gasteiger partial charge is 0.423 e. The molecule has 0 atom stereocenters. The Morgan fingerprint density at radius 3 is 2.50 bits per heavy atom. The number of anilines is 1. The second-order valence-electron chi connectivity index (χ2n) is 5.15. The molecule has 1 aromatic heterocycles. The molecule has 3 aromatic rings. The van der Waals surface area contributed by atoms with Crippen molar-refractivity contribution >= 4 is 18.1 Å². The summed E-state index contributed by atoms with van der Waals surface area (Å²) in [7, 11) is 0. The molecule has 120 valence electrons. The fraction of sp³-hybridized carbons (Fsp3) is 0.0556. The minimum Gasteiger partial charge on any atom is -0.423 e. The van der Waals surface area contributed by atoms with Gasteiger partial charge in [-0.3, -0.25) is 0 Å². The monoisotopic (exact) mass is 320 g/mol. The summed E-state index contributed by atoms with van der Waals surface area (Å²) in [5.74, 6) is 0.412. The number of rotatable bonds is 4. The molecule has 0 bridgehead atoms. The Labute approximate surface area is 139 Å². The SMILES string of the molecule is Cc1cn(N=Cc2ccc(OC(=O)c3ccccc3)cc2)c(N)n1. The van der Waals surface area contributed by atoms with E-state index in [4.69, 9.17) is 10.5 Å². The average Bonchev–Trinajstić information content (AvgIpc) is 2.92. The normalized spacial score (nSPS) is 10.9. The molecule has 0 aliphatic rings. The van der Waals surface area contributed by atoms with Crippen LogP contribution in [0.1, 0.15) is 21.6 Å². The number of hydrogen-bond donors (Lipinski definition) is 1. The fourth-order valence-corrected chi connectivity index (χ4v) is 2.09. The number of nitrogens with zero attached hydrogens (tertiary/aromatic N) is 3. The number of benzene rings is 2. The van der Waals surface area contributed by atoms with E-state index in [-0.39, 0.29) is 0 Å². The van der Waals surface area contributed by atoms with Gasteiger partial charge in [0, 0.05) is 0 Å². The van der Waals surface area contributed by atoms with E-state index < -0.39 is 5.97 Å². The molecule has 0 radical (unpaired) electrons. The fourth-order valence-electron chi connectivity index (χ4n) is 2.09. The van der Waals surface area contributed by atoms with E-state index in [0.717, 1.165) is 11.3 Å². The van der Waals surface area contributed by atoms with E-state index in [1.807, 2.05) is 13.0 Å². The maximum absolute atomic E-state index is 12.0. The van der Waals surface area contributed by atoms with Crippen molar-refractivity contribution in [2.24, 2.45) is 5.10 Å². The van der Waals surface area contributed by atoms with Crippen molar-refractivity contribution in [2.45, 2.75) is 6.92 Å². The zero-order valence-corrected chi connectivity index (χ0v) is 13.1. The number of aromatic nitrogens is 2. The minimum atomic E-state index is -0.390. The number of carbonyl (C=O) groups is 1. The predicted octanol–water partition coefficient (Wildman–Crippen LogP) is 2.88. The summed E-state index contributed by atoms with van der Waals surface area (Å²) in [6.45, 7) is 1.85. The summed E-state index contributed by atoms with van der Waals surface area (Å²) < 4.78 is 6.82. The van der Waals surface area contributed by atoms with E-state index in [9.17, 15) is 4.79 Å².